The molecular weight excluding hydrogens is 284 g/mol. The van der Waals surface area contributed by atoms with Gasteiger partial charge in [0.15, 0.2) is 0 Å². The number of carboxylic acid groups (broad SMARTS) is 1. The summed E-state index contributed by atoms with van der Waals surface area (Å²) in [7, 11) is 1.51. The fourth-order valence-corrected chi connectivity index (χ4v) is 1.87. The number of amides is 1. The van der Waals surface area contributed by atoms with Crippen LogP contribution in [-0.4, -0.2) is 35.6 Å². The second kappa shape index (κ2) is 7.21. The van der Waals surface area contributed by atoms with Crippen molar-refractivity contribution in [3.63, 3.8) is 0 Å². The van der Waals surface area contributed by atoms with Gasteiger partial charge < -0.3 is 15.2 Å². The lowest BCUT2D eigenvalue weighted by Crippen LogP contribution is -2.25. The first kappa shape index (κ1) is 15.5. The van der Waals surface area contributed by atoms with Crippen molar-refractivity contribution in [1.82, 2.24) is 10.3 Å². The van der Waals surface area contributed by atoms with Crippen molar-refractivity contribution in [1.29, 1.82) is 0 Å². The molecule has 0 aliphatic heterocycles. The minimum absolute atomic E-state index is 0.211. The number of carbonyl (C=O) groups is 2. The lowest BCUT2D eigenvalue weighted by molar-refractivity contribution is 0.0696. The molecule has 1 amide bonds. The van der Waals surface area contributed by atoms with E-state index in [0.29, 0.717) is 24.4 Å². The number of pyridine rings is 1. The van der Waals surface area contributed by atoms with E-state index in [2.05, 4.69) is 10.3 Å². The largest absolute Gasteiger partial charge is 0.481 e. The van der Waals surface area contributed by atoms with Crippen molar-refractivity contribution < 1.29 is 19.4 Å². The molecule has 0 saturated carbocycles. The van der Waals surface area contributed by atoms with Crippen LogP contribution in [0.4, 0.5) is 0 Å². The molecular formula is C16H16N2O4. The Kier molecular flexibility index (Phi) is 5.08. The summed E-state index contributed by atoms with van der Waals surface area (Å²) >= 11 is 0. The zero-order valence-electron chi connectivity index (χ0n) is 12.1. The number of carbonyl (C=O) groups excluding carboxylic acids is 1. The summed E-state index contributed by atoms with van der Waals surface area (Å²) in [5, 5.41) is 11.6. The van der Waals surface area contributed by atoms with Crippen LogP contribution in [-0.2, 0) is 6.42 Å². The van der Waals surface area contributed by atoms with Gasteiger partial charge in [-0.05, 0) is 30.2 Å². The molecule has 2 rings (SSSR count). The van der Waals surface area contributed by atoms with E-state index in [1.807, 2.05) is 0 Å². The predicted molar refractivity (Wildman–Crippen MR) is 80.2 cm³/mol. The predicted octanol–water partition coefficient (Wildman–Crippen LogP) is 1.76. The number of hydrogen-bond acceptors (Lipinski definition) is 4. The molecule has 114 valence electrons. The topological polar surface area (TPSA) is 88.5 Å². The van der Waals surface area contributed by atoms with Crippen LogP contribution in [0.1, 0.15) is 26.3 Å². The van der Waals surface area contributed by atoms with Crippen LogP contribution in [0, 0.1) is 0 Å². The average Bonchev–Trinajstić information content (AvgIpc) is 2.55. The third kappa shape index (κ3) is 4.05. The van der Waals surface area contributed by atoms with E-state index in [-0.39, 0.29) is 11.5 Å². The maximum Gasteiger partial charge on any atom is 0.335 e. The monoisotopic (exact) mass is 300 g/mol. The summed E-state index contributed by atoms with van der Waals surface area (Å²) in [6, 6.07) is 9.84. The molecule has 6 nitrogen and oxygen atoms in total. The lowest BCUT2D eigenvalue weighted by atomic mass is 10.1. The number of aromatic carboxylic acids is 1. The molecule has 0 fully saturated rings. The zero-order chi connectivity index (χ0) is 15.9. The first-order chi connectivity index (χ1) is 10.6. The van der Waals surface area contributed by atoms with Gasteiger partial charge in [-0.25, -0.2) is 9.78 Å². The normalized spacial score (nSPS) is 10.0. The molecule has 0 saturated heterocycles. The maximum atomic E-state index is 11.9. The van der Waals surface area contributed by atoms with Gasteiger partial charge in [0.05, 0.1) is 18.2 Å². The quantitative estimate of drug-likeness (QED) is 0.848. The third-order valence-electron chi connectivity index (χ3n) is 3.11. The molecule has 1 aromatic heterocycles. The summed E-state index contributed by atoms with van der Waals surface area (Å²) in [5.74, 6) is -0.709. The number of carboxylic acids is 1. The van der Waals surface area contributed by atoms with E-state index >= 15 is 0 Å². The van der Waals surface area contributed by atoms with Gasteiger partial charge in [-0.1, -0.05) is 12.1 Å². The smallest absolute Gasteiger partial charge is 0.335 e. The van der Waals surface area contributed by atoms with Gasteiger partial charge in [0.25, 0.3) is 5.91 Å². The van der Waals surface area contributed by atoms with Crippen LogP contribution >= 0.6 is 0 Å². The molecule has 6 heteroatoms. The third-order valence-corrected chi connectivity index (χ3v) is 3.11. The van der Waals surface area contributed by atoms with E-state index in [0.717, 1.165) is 5.56 Å². The highest BCUT2D eigenvalue weighted by Crippen LogP contribution is 2.07. The Morgan fingerprint density at radius 1 is 1.14 bits per heavy atom. The van der Waals surface area contributed by atoms with Crippen molar-refractivity contribution in [2.75, 3.05) is 13.7 Å². The Morgan fingerprint density at radius 2 is 1.82 bits per heavy atom. The summed E-state index contributed by atoms with van der Waals surface area (Å²) in [4.78, 5) is 26.6. The van der Waals surface area contributed by atoms with Crippen molar-refractivity contribution in [3.05, 3.63) is 59.3 Å². The first-order valence-corrected chi connectivity index (χ1v) is 6.70. The number of aromatic nitrogens is 1. The van der Waals surface area contributed by atoms with Crippen LogP contribution < -0.4 is 10.1 Å². The van der Waals surface area contributed by atoms with Gasteiger partial charge in [0, 0.05) is 18.8 Å². The minimum atomic E-state index is -0.952. The molecule has 22 heavy (non-hydrogen) atoms. The fourth-order valence-electron chi connectivity index (χ4n) is 1.87. The number of nitrogens with zero attached hydrogens (tertiary/aromatic N) is 1. The highest BCUT2D eigenvalue weighted by Gasteiger charge is 2.06. The van der Waals surface area contributed by atoms with Gasteiger partial charge in [0.1, 0.15) is 0 Å². The molecule has 0 atom stereocenters. The zero-order valence-corrected chi connectivity index (χ0v) is 12.1. The molecule has 1 heterocycles. The highest BCUT2D eigenvalue weighted by atomic mass is 16.5. The molecule has 0 spiro atoms. The molecule has 2 aromatic rings. The fraction of sp³-hybridized carbons (Fsp3) is 0.188. The van der Waals surface area contributed by atoms with Gasteiger partial charge in [-0.15, -0.1) is 0 Å². The van der Waals surface area contributed by atoms with Gasteiger partial charge in [-0.3, -0.25) is 4.79 Å². The van der Waals surface area contributed by atoms with Crippen molar-refractivity contribution in [2.45, 2.75) is 6.42 Å². The molecule has 0 unspecified atom stereocenters. The molecule has 0 bridgehead atoms. The van der Waals surface area contributed by atoms with Gasteiger partial charge in [-0.2, -0.15) is 0 Å². The number of methoxy groups -OCH3 is 1. The first-order valence-electron chi connectivity index (χ1n) is 6.70. The van der Waals surface area contributed by atoms with E-state index in [9.17, 15) is 9.59 Å². The Balaban J connectivity index is 1.84. The van der Waals surface area contributed by atoms with Crippen LogP contribution in [0.2, 0.25) is 0 Å². The number of ether oxygens (including phenoxy) is 1. The molecule has 0 aliphatic carbocycles. The van der Waals surface area contributed by atoms with Gasteiger partial charge in [0.2, 0.25) is 5.88 Å². The highest BCUT2D eigenvalue weighted by molar-refractivity contribution is 5.93. The molecule has 0 radical (unpaired) electrons. The van der Waals surface area contributed by atoms with Crippen LogP contribution in [0.15, 0.2) is 42.6 Å². The number of rotatable bonds is 6. The Morgan fingerprint density at radius 3 is 2.36 bits per heavy atom. The average molecular weight is 300 g/mol. The molecule has 0 aliphatic rings. The van der Waals surface area contributed by atoms with E-state index in [4.69, 9.17) is 9.84 Å². The Hall–Kier alpha value is -2.89. The Bertz CT molecular complexity index is 651. The van der Waals surface area contributed by atoms with E-state index in [1.54, 1.807) is 36.4 Å². The molecule has 1 aromatic carbocycles. The SMILES string of the molecule is COc1ccc(C(=O)NCCc2ccc(C(=O)O)cc2)cn1. The summed E-state index contributed by atoms with van der Waals surface area (Å²) in [6.07, 6.45) is 2.07. The van der Waals surface area contributed by atoms with E-state index < -0.39 is 5.97 Å². The number of hydrogen-bond donors (Lipinski definition) is 2. The number of nitrogens with one attached hydrogen (secondary N) is 1. The molecule has 2 N–H and O–H groups in total. The second-order valence-electron chi connectivity index (χ2n) is 4.60. The summed E-state index contributed by atoms with van der Waals surface area (Å²) in [5.41, 5.74) is 1.66. The van der Waals surface area contributed by atoms with Crippen LogP contribution in [0.25, 0.3) is 0 Å². The standard InChI is InChI=1S/C16H16N2O4/c1-22-14-7-6-13(10-18-14)15(19)17-9-8-11-2-4-12(5-3-11)16(20)21/h2-7,10H,8-9H2,1H3,(H,17,19)(H,20,21). The summed E-state index contributed by atoms with van der Waals surface area (Å²) in [6.45, 7) is 0.456. The van der Waals surface area contributed by atoms with Gasteiger partial charge >= 0.3 is 5.97 Å². The minimum Gasteiger partial charge on any atom is -0.481 e. The lowest BCUT2D eigenvalue weighted by Gasteiger charge is -2.06. The van der Waals surface area contributed by atoms with Crippen molar-refractivity contribution >= 4 is 11.9 Å². The summed E-state index contributed by atoms with van der Waals surface area (Å²) < 4.78 is 4.93. The Labute approximate surface area is 127 Å². The van der Waals surface area contributed by atoms with E-state index in [1.165, 1.54) is 13.3 Å². The maximum absolute atomic E-state index is 11.9. The van der Waals surface area contributed by atoms with Crippen molar-refractivity contribution in [2.24, 2.45) is 0 Å². The van der Waals surface area contributed by atoms with Crippen LogP contribution in [0.5, 0.6) is 5.88 Å². The van der Waals surface area contributed by atoms with Crippen LogP contribution in [0.3, 0.4) is 0 Å². The van der Waals surface area contributed by atoms with Crippen molar-refractivity contribution in [3.8, 4) is 5.88 Å². The second-order valence-corrected chi connectivity index (χ2v) is 4.60. The number of benzene rings is 1.